The van der Waals surface area contributed by atoms with Gasteiger partial charge in [-0.2, -0.15) is 0 Å². The minimum absolute atomic E-state index is 0.383. The molecule has 3 heteroatoms. The average molecular weight is 247 g/mol. The van der Waals surface area contributed by atoms with E-state index in [4.69, 9.17) is 10.5 Å². The zero-order valence-corrected chi connectivity index (χ0v) is 10.5. The Labute approximate surface area is 106 Å². The van der Waals surface area contributed by atoms with E-state index < -0.39 is 0 Å². The highest BCUT2D eigenvalue weighted by atomic mass is 32.1. The first-order valence-corrected chi connectivity index (χ1v) is 6.66. The maximum absolute atomic E-state index is 5.78. The van der Waals surface area contributed by atoms with Gasteiger partial charge < -0.3 is 10.5 Å². The summed E-state index contributed by atoms with van der Waals surface area (Å²) in [7, 11) is 0. The Bertz CT molecular complexity index is 413. The molecule has 0 aliphatic carbocycles. The minimum atomic E-state index is 0.383. The minimum Gasteiger partial charge on any atom is -0.493 e. The van der Waals surface area contributed by atoms with Gasteiger partial charge in [-0.1, -0.05) is 24.3 Å². The molecule has 2 N–H and O–H groups in total. The predicted octanol–water partition coefficient (Wildman–Crippen LogP) is 2.94. The molecule has 17 heavy (non-hydrogen) atoms. The van der Waals surface area contributed by atoms with Crippen molar-refractivity contribution in [2.45, 2.75) is 6.42 Å². The van der Waals surface area contributed by atoms with Crippen LogP contribution in [0.5, 0.6) is 5.75 Å². The molecule has 0 saturated heterocycles. The topological polar surface area (TPSA) is 35.2 Å². The lowest BCUT2D eigenvalue weighted by atomic mass is 10.1. The molecule has 0 amide bonds. The van der Waals surface area contributed by atoms with E-state index in [1.807, 2.05) is 30.3 Å². The van der Waals surface area contributed by atoms with E-state index in [-0.39, 0.29) is 0 Å². The van der Waals surface area contributed by atoms with Crippen molar-refractivity contribution in [2.24, 2.45) is 11.7 Å². The number of hydrogen-bond acceptors (Lipinski definition) is 3. The van der Waals surface area contributed by atoms with Crippen LogP contribution in [0.15, 0.2) is 47.8 Å². The standard InChI is InChI=1S/C14H17NOS/c15-10-12(9-14-7-4-8-17-14)11-16-13-5-2-1-3-6-13/h1-8,12H,9-11,15H2. The van der Waals surface area contributed by atoms with Crippen LogP contribution in [-0.2, 0) is 6.42 Å². The Balaban J connectivity index is 1.84. The molecule has 90 valence electrons. The molecular formula is C14H17NOS. The fourth-order valence-corrected chi connectivity index (χ4v) is 2.48. The molecule has 2 aromatic rings. The second-order valence-electron chi connectivity index (χ2n) is 4.01. The van der Waals surface area contributed by atoms with Gasteiger partial charge in [-0.05, 0) is 36.5 Å². The third-order valence-electron chi connectivity index (χ3n) is 2.63. The van der Waals surface area contributed by atoms with Crippen molar-refractivity contribution in [3.63, 3.8) is 0 Å². The largest absolute Gasteiger partial charge is 0.493 e. The van der Waals surface area contributed by atoms with Crippen molar-refractivity contribution in [1.29, 1.82) is 0 Å². The molecule has 2 nitrogen and oxygen atoms in total. The Morgan fingerprint density at radius 1 is 1.12 bits per heavy atom. The van der Waals surface area contributed by atoms with Gasteiger partial charge in [0.15, 0.2) is 0 Å². The highest BCUT2D eigenvalue weighted by Gasteiger charge is 2.09. The third-order valence-corrected chi connectivity index (χ3v) is 3.53. The fraction of sp³-hybridized carbons (Fsp3) is 0.286. The summed E-state index contributed by atoms with van der Waals surface area (Å²) in [5.74, 6) is 1.30. The van der Waals surface area contributed by atoms with Crippen LogP contribution in [0, 0.1) is 5.92 Å². The maximum Gasteiger partial charge on any atom is 0.119 e. The van der Waals surface area contributed by atoms with Gasteiger partial charge in [0.05, 0.1) is 6.61 Å². The van der Waals surface area contributed by atoms with Crippen molar-refractivity contribution < 1.29 is 4.74 Å². The van der Waals surface area contributed by atoms with Crippen LogP contribution in [0.1, 0.15) is 4.88 Å². The van der Waals surface area contributed by atoms with Gasteiger partial charge in [0.2, 0.25) is 0 Å². The van der Waals surface area contributed by atoms with Crippen molar-refractivity contribution in [1.82, 2.24) is 0 Å². The van der Waals surface area contributed by atoms with Gasteiger partial charge in [0.1, 0.15) is 5.75 Å². The van der Waals surface area contributed by atoms with Crippen LogP contribution >= 0.6 is 11.3 Å². The van der Waals surface area contributed by atoms with E-state index in [1.165, 1.54) is 4.88 Å². The predicted molar refractivity (Wildman–Crippen MR) is 72.5 cm³/mol. The lowest BCUT2D eigenvalue weighted by molar-refractivity contribution is 0.252. The molecule has 0 fully saturated rings. The first-order chi connectivity index (χ1) is 8.38. The molecule has 0 radical (unpaired) electrons. The summed E-state index contributed by atoms with van der Waals surface area (Å²) >= 11 is 1.78. The zero-order chi connectivity index (χ0) is 11.9. The van der Waals surface area contributed by atoms with E-state index in [0.29, 0.717) is 19.1 Å². The first kappa shape index (κ1) is 12.1. The first-order valence-electron chi connectivity index (χ1n) is 5.79. The van der Waals surface area contributed by atoms with Crippen LogP contribution in [-0.4, -0.2) is 13.2 Å². The monoisotopic (exact) mass is 247 g/mol. The lowest BCUT2D eigenvalue weighted by Gasteiger charge is -2.14. The number of ether oxygens (including phenoxy) is 1. The van der Waals surface area contributed by atoms with Crippen molar-refractivity contribution in [3.05, 3.63) is 52.7 Å². The normalized spacial score (nSPS) is 12.3. The van der Waals surface area contributed by atoms with E-state index in [0.717, 1.165) is 12.2 Å². The second kappa shape index (κ2) is 6.42. The average Bonchev–Trinajstić information content (AvgIpc) is 2.88. The number of para-hydroxylation sites is 1. The van der Waals surface area contributed by atoms with Crippen LogP contribution in [0.3, 0.4) is 0 Å². The lowest BCUT2D eigenvalue weighted by Crippen LogP contribution is -2.23. The molecule has 1 atom stereocenters. The summed E-state index contributed by atoms with van der Waals surface area (Å²) in [6.45, 7) is 1.34. The van der Waals surface area contributed by atoms with Crippen LogP contribution in [0.2, 0.25) is 0 Å². The number of rotatable bonds is 6. The van der Waals surface area contributed by atoms with E-state index in [1.54, 1.807) is 11.3 Å². The highest BCUT2D eigenvalue weighted by Crippen LogP contribution is 2.16. The van der Waals surface area contributed by atoms with E-state index in [9.17, 15) is 0 Å². The smallest absolute Gasteiger partial charge is 0.119 e. The van der Waals surface area contributed by atoms with Crippen molar-refractivity contribution in [2.75, 3.05) is 13.2 Å². The highest BCUT2D eigenvalue weighted by molar-refractivity contribution is 7.09. The van der Waals surface area contributed by atoms with Gasteiger partial charge in [-0.25, -0.2) is 0 Å². The Hall–Kier alpha value is -1.32. The van der Waals surface area contributed by atoms with Crippen molar-refractivity contribution in [3.8, 4) is 5.75 Å². The second-order valence-corrected chi connectivity index (χ2v) is 5.04. The molecule has 0 aliphatic rings. The molecular weight excluding hydrogens is 230 g/mol. The van der Waals surface area contributed by atoms with Gasteiger partial charge in [0, 0.05) is 10.8 Å². The molecule has 0 saturated carbocycles. The molecule has 2 rings (SSSR count). The summed E-state index contributed by atoms with van der Waals surface area (Å²) in [6.07, 6.45) is 1.00. The molecule has 0 spiro atoms. The number of thiophene rings is 1. The van der Waals surface area contributed by atoms with E-state index in [2.05, 4.69) is 17.5 Å². The SMILES string of the molecule is NCC(COc1ccccc1)Cc1cccs1. The summed E-state index contributed by atoms with van der Waals surface area (Å²) < 4.78 is 5.73. The molecule has 0 aliphatic heterocycles. The van der Waals surface area contributed by atoms with Gasteiger partial charge in [-0.3, -0.25) is 0 Å². The molecule has 0 bridgehead atoms. The fourth-order valence-electron chi connectivity index (χ4n) is 1.65. The Kier molecular flexibility index (Phi) is 4.59. The number of nitrogens with two attached hydrogens (primary N) is 1. The quantitative estimate of drug-likeness (QED) is 0.851. The molecule has 1 heterocycles. The van der Waals surface area contributed by atoms with Gasteiger partial charge >= 0.3 is 0 Å². The summed E-state index contributed by atoms with van der Waals surface area (Å²) in [5.41, 5.74) is 5.78. The molecule has 1 aromatic carbocycles. The molecule has 1 aromatic heterocycles. The zero-order valence-electron chi connectivity index (χ0n) is 9.71. The maximum atomic E-state index is 5.78. The molecule has 1 unspecified atom stereocenters. The van der Waals surface area contributed by atoms with Crippen LogP contribution in [0.25, 0.3) is 0 Å². The Morgan fingerprint density at radius 3 is 2.59 bits per heavy atom. The third kappa shape index (κ3) is 3.88. The van der Waals surface area contributed by atoms with Crippen LogP contribution in [0.4, 0.5) is 0 Å². The Morgan fingerprint density at radius 2 is 1.94 bits per heavy atom. The number of benzene rings is 1. The number of hydrogen-bond donors (Lipinski definition) is 1. The van der Waals surface area contributed by atoms with Crippen LogP contribution < -0.4 is 10.5 Å². The van der Waals surface area contributed by atoms with E-state index >= 15 is 0 Å². The summed E-state index contributed by atoms with van der Waals surface area (Å²) in [6, 6.07) is 14.1. The van der Waals surface area contributed by atoms with Gasteiger partial charge in [0.25, 0.3) is 0 Å². The summed E-state index contributed by atoms with van der Waals surface area (Å²) in [4.78, 5) is 1.37. The van der Waals surface area contributed by atoms with Gasteiger partial charge in [-0.15, -0.1) is 11.3 Å². The summed E-state index contributed by atoms with van der Waals surface area (Å²) in [5, 5.41) is 2.10. The van der Waals surface area contributed by atoms with Crippen molar-refractivity contribution >= 4 is 11.3 Å².